The summed E-state index contributed by atoms with van der Waals surface area (Å²) in [5.74, 6) is 0.854. The van der Waals surface area contributed by atoms with Crippen molar-refractivity contribution in [1.82, 2.24) is 4.90 Å². The van der Waals surface area contributed by atoms with E-state index in [9.17, 15) is 9.59 Å². The van der Waals surface area contributed by atoms with Crippen LogP contribution < -0.4 is 4.74 Å². The average Bonchev–Trinajstić information content (AvgIpc) is 2.72. The Morgan fingerprint density at radius 1 is 1.12 bits per heavy atom. The van der Waals surface area contributed by atoms with Crippen LogP contribution in [0, 0.1) is 5.92 Å². The minimum atomic E-state index is -0.0537. The predicted octanol–water partition coefficient (Wildman–Crippen LogP) is 3.75. The van der Waals surface area contributed by atoms with E-state index >= 15 is 0 Å². The van der Waals surface area contributed by atoms with Crippen LogP contribution in [0.1, 0.15) is 35.2 Å². The van der Waals surface area contributed by atoms with E-state index in [0.717, 1.165) is 19.3 Å². The van der Waals surface area contributed by atoms with Crippen molar-refractivity contribution >= 4 is 11.7 Å². The molecule has 4 nitrogen and oxygen atoms in total. The van der Waals surface area contributed by atoms with E-state index in [1.54, 1.807) is 19.2 Å². The smallest absolute Gasteiger partial charge is 0.254 e. The van der Waals surface area contributed by atoms with E-state index in [1.165, 1.54) is 5.56 Å². The van der Waals surface area contributed by atoms with Crippen molar-refractivity contribution in [1.29, 1.82) is 0 Å². The molecule has 1 atom stereocenters. The number of piperidine rings is 1. The lowest BCUT2D eigenvalue weighted by Crippen LogP contribution is -2.42. The van der Waals surface area contributed by atoms with Crippen LogP contribution in [0.3, 0.4) is 0 Å². The topological polar surface area (TPSA) is 46.6 Å². The molecule has 1 unspecified atom stereocenters. The van der Waals surface area contributed by atoms with Gasteiger partial charge in [0.05, 0.1) is 7.11 Å². The molecule has 1 fully saturated rings. The van der Waals surface area contributed by atoms with Gasteiger partial charge in [0.2, 0.25) is 0 Å². The zero-order valence-electron chi connectivity index (χ0n) is 15.2. The second-order valence-corrected chi connectivity index (χ2v) is 6.77. The highest BCUT2D eigenvalue weighted by Crippen LogP contribution is 2.22. The third kappa shape index (κ3) is 4.51. The number of carbonyl (C=O) groups is 2. The van der Waals surface area contributed by atoms with Crippen molar-refractivity contribution in [3.63, 3.8) is 0 Å². The molecule has 1 saturated heterocycles. The number of ketones is 1. The van der Waals surface area contributed by atoms with Crippen molar-refractivity contribution in [2.24, 2.45) is 5.92 Å². The van der Waals surface area contributed by atoms with Crippen molar-refractivity contribution in [2.75, 3.05) is 20.2 Å². The standard InChI is InChI=1S/C22H25NO3/c1-26-20-11-5-9-18(15-20)22(25)23-14-6-10-19(16-23)21(24)13-12-17-7-3-2-4-8-17/h2-5,7-9,11,15,19H,6,10,12-14,16H2,1H3. The normalized spacial score (nSPS) is 17.0. The highest BCUT2D eigenvalue weighted by atomic mass is 16.5. The summed E-state index contributed by atoms with van der Waals surface area (Å²) in [7, 11) is 1.59. The quantitative estimate of drug-likeness (QED) is 0.796. The maximum atomic E-state index is 12.8. The summed E-state index contributed by atoms with van der Waals surface area (Å²) in [6.45, 7) is 1.22. The maximum Gasteiger partial charge on any atom is 0.254 e. The predicted molar refractivity (Wildman–Crippen MR) is 101 cm³/mol. The molecule has 4 heteroatoms. The summed E-state index contributed by atoms with van der Waals surface area (Å²) in [5, 5.41) is 0. The fourth-order valence-electron chi connectivity index (χ4n) is 3.48. The number of amides is 1. The molecule has 1 amide bonds. The number of methoxy groups -OCH3 is 1. The van der Waals surface area contributed by atoms with Gasteiger partial charge in [0.15, 0.2) is 0 Å². The summed E-state index contributed by atoms with van der Waals surface area (Å²) >= 11 is 0. The Labute approximate surface area is 154 Å². The molecule has 0 N–H and O–H groups in total. The number of nitrogens with zero attached hydrogens (tertiary/aromatic N) is 1. The third-order valence-corrected chi connectivity index (χ3v) is 4.98. The molecule has 0 radical (unpaired) electrons. The lowest BCUT2D eigenvalue weighted by molar-refractivity contribution is -0.124. The van der Waals surface area contributed by atoms with Crippen molar-refractivity contribution < 1.29 is 14.3 Å². The van der Waals surface area contributed by atoms with E-state index in [0.29, 0.717) is 30.8 Å². The summed E-state index contributed by atoms with van der Waals surface area (Å²) in [6, 6.07) is 17.3. The first-order valence-electron chi connectivity index (χ1n) is 9.17. The first-order chi connectivity index (χ1) is 12.7. The third-order valence-electron chi connectivity index (χ3n) is 4.98. The lowest BCUT2D eigenvalue weighted by Gasteiger charge is -2.32. The molecule has 2 aromatic carbocycles. The van der Waals surface area contributed by atoms with Gasteiger partial charge in [-0.2, -0.15) is 0 Å². The second kappa shape index (κ2) is 8.65. The Hall–Kier alpha value is -2.62. The molecule has 0 bridgehead atoms. The fourth-order valence-corrected chi connectivity index (χ4v) is 3.48. The number of ether oxygens (including phenoxy) is 1. The Morgan fingerprint density at radius 3 is 2.69 bits per heavy atom. The number of likely N-dealkylation sites (tertiary alicyclic amines) is 1. The van der Waals surface area contributed by atoms with E-state index in [4.69, 9.17) is 4.74 Å². The van der Waals surface area contributed by atoms with Crippen molar-refractivity contribution in [2.45, 2.75) is 25.7 Å². The molecule has 0 aromatic heterocycles. The van der Waals surface area contributed by atoms with Crippen LogP contribution in [0.2, 0.25) is 0 Å². The van der Waals surface area contributed by atoms with Gasteiger partial charge in [-0.3, -0.25) is 9.59 Å². The highest BCUT2D eigenvalue weighted by molar-refractivity contribution is 5.95. The van der Waals surface area contributed by atoms with Gasteiger partial charge in [-0.15, -0.1) is 0 Å². The van der Waals surface area contributed by atoms with E-state index in [1.807, 2.05) is 47.4 Å². The fraction of sp³-hybridized carbons (Fsp3) is 0.364. The Morgan fingerprint density at radius 2 is 1.92 bits per heavy atom. The van der Waals surface area contributed by atoms with Gasteiger partial charge in [0, 0.05) is 31.0 Å². The van der Waals surface area contributed by atoms with Gasteiger partial charge in [-0.1, -0.05) is 36.4 Å². The molecule has 2 aromatic rings. The maximum absolute atomic E-state index is 12.8. The van der Waals surface area contributed by atoms with Crippen molar-refractivity contribution in [3.8, 4) is 5.75 Å². The molecular formula is C22H25NO3. The highest BCUT2D eigenvalue weighted by Gasteiger charge is 2.28. The first kappa shape index (κ1) is 18.2. The number of carbonyl (C=O) groups excluding carboxylic acids is 2. The van der Waals surface area contributed by atoms with E-state index < -0.39 is 0 Å². The van der Waals surface area contributed by atoms with Crippen LogP contribution in [0.4, 0.5) is 0 Å². The van der Waals surface area contributed by atoms with Crippen LogP contribution in [-0.4, -0.2) is 36.8 Å². The van der Waals surface area contributed by atoms with E-state index in [2.05, 4.69) is 0 Å². The molecule has 136 valence electrons. The van der Waals surface area contributed by atoms with E-state index in [-0.39, 0.29) is 17.6 Å². The molecule has 26 heavy (non-hydrogen) atoms. The lowest BCUT2D eigenvalue weighted by atomic mass is 9.90. The molecule has 1 aliphatic rings. The number of rotatable bonds is 6. The van der Waals surface area contributed by atoms with Gasteiger partial charge < -0.3 is 9.64 Å². The van der Waals surface area contributed by atoms with Gasteiger partial charge in [0.1, 0.15) is 11.5 Å². The zero-order valence-corrected chi connectivity index (χ0v) is 15.2. The largest absolute Gasteiger partial charge is 0.497 e. The summed E-state index contributed by atoms with van der Waals surface area (Å²) < 4.78 is 5.20. The first-order valence-corrected chi connectivity index (χ1v) is 9.17. The summed E-state index contributed by atoms with van der Waals surface area (Å²) in [6.07, 6.45) is 3.04. The summed E-state index contributed by atoms with van der Waals surface area (Å²) in [4.78, 5) is 27.2. The Kier molecular flexibility index (Phi) is 6.05. The van der Waals surface area contributed by atoms with Crippen LogP contribution >= 0.6 is 0 Å². The molecule has 1 heterocycles. The number of benzene rings is 2. The minimum Gasteiger partial charge on any atom is -0.497 e. The van der Waals surface area contributed by atoms with Crippen LogP contribution in [0.5, 0.6) is 5.75 Å². The van der Waals surface area contributed by atoms with Gasteiger partial charge in [-0.25, -0.2) is 0 Å². The number of Topliss-reactive ketones (excluding diaryl/α,β-unsaturated/α-hetero) is 1. The van der Waals surface area contributed by atoms with Gasteiger partial charge in [0.25, 0.3) is 5.91 Å². The minimum absolute atomic E-state index is 0.0236. The molecule has 1 aliphatic heterocycles. The monoisotopic (exact) mass is 351 g/mol. The SMILES string of the molecule is COc1cccc(C(=O)N2CCCC(C(=O)CCc3ccccc3)C2)c1. The average molecular weight is 351 g/mol. The molecule has 3 rings (SSSR count). The molecule has 0 spiro atoms. The van der Waals surface area contributed by atoms with Crippen LogP contribution in [0.25, 0.3) is 0 Å². The number of aryl methyl sites for hydroxylation is 1. The Balaban J connectivity index is 1.59. The zero-order chi connectivity index (χ0) is 18.4. The summed E-state index contributed by atoms with van der Waals surface area (Å²) in [5.41, 5.74) is 1.79. The molecular weight excluding hydrogens is 326 g/mol. The van der Waals surface area contributed by atoms with Gasteiger partial charge >= 0.3 is 0 Å². The van der Waals surface area contributed by atoms with Crippen LogP contribution in [-0.2, 0) is 11.2 Å². The van der Waals surface area contributed by atoms with Crippen molar-refractivity contribution in [3.05, 3.63) is 65.7 Å². The van der Waals surface area contributed by atoms with Gasteiger partial charge in [-0.05, 0) is 43.0 Å². The number of hydrogen-bond acceptors (Lipinski definition) is 3. The number of hydrogen-bond donors (Lipinski definition) is 0. The molecule has 0 aliphatic carbocycles. The Bertz CT molecular complexity index is 757. The van der Waals surface area contributed by atoms with Crippen LogP contribution in [0.15, 0.2) is 54.6 Å². The molecule has 0 saturated carbocycles. The second-order valence-electron chi connectivity index (χ2n) is 6.77.